The highest BCUT2D eigenvalue weighted by Crippen LogP contribution is 2.35. The summed E-state index contributed by atoms with van der Waals surface area (Å²) in [4.78, 5) is 8.66. The van der Waals surface area contributed by atoms with Crippen molar-refractivity contribution in [3.8, 4) is 0 Å². The highest BCUT2D eigenvalue weighted by molar-refractivity contribution is 7.89. The quantitative estimate of drug-likeness (QED) is 0.693. The monoisotopic (exact) mass is 402 g/mol. The number of rotatable bonds is 4. The van der Waals surface area contributed by atoms with Gasteiger partial charge in [0.2, 0.25) is 0 Å². The zero-order valence-electron chi connectivity index (χ0n) is 15.4. The lowest BCUT2D eigenvalue weighted by Crippen LogP contribution is -2.35. The third-order valence-corrected chi connectivity index (χ3v) is 7.44. The van der Waals surface area contributed by atoms with Gasteiger partial charge < -0.3 is 9.88 Å². The number of H-pyrrole nitrogens is 1. The molecule has 0 bridgehead atoms. The number of aromatic amines is 1. The summed E-state index contributed by atoms with van der Waals surface area (Å²) in [6.45, 7) is 2.19. The van der Waals surface area contributed by atoms with Gasteiger partial charge in [-0.2, -0.15) is 8.82 Å². The van der Waals surface area contributed by atoms with Crippen LogP contribution in [0.4, 0.5) is 5.82 Å². The van der Waals surface area contributed by atoms with Crippen molar-refractivity contribution in [1.82, 2.24) is 34.1 Å². The van der Waals surface area contributed by atoms with Crippen molar-refractivity contribution < 1.29 is 8.42 Å². The topological polar surface area (TPSA) is 112 Å². The highest BCUT2D eigenvalue weighted by Gasteiger charge is 2.29. The first-order chi connectivity index (χ1) is 13.6. The maximum atomic E-state index is 12.7. The van der Waals surface area contributed by atoms with Crippen LogP contribution in [-0.4, -0.2) is 68.7 Å². The Hall–Kier alpha value is -2.53. The number of hydrogen-bond acceptors (Lipinski definition) is 7. The van der Waals surface area contributed by atoms with Gasteiger partial charge in [-0.15, -0.1) is 15.3 Å². The lowest BCUT2D eigenvalue weighted by molar-refractivity contribution is 0.395. The van der Waals surface area contributed by atoms with Gasteiger partial charge in [-0.25, -0.2) is 13.4 Å². The van der Waals surface area contributed by atoms with Crippen LogP contribution in [0.25, 0.3) is 5.65 Å². The lowest BCUT2D eigenvalue weighted by Gasteiger charge is -2.24. The minimum Gasteiger partial charge on any atom is -0.354 e. The van der Waals surface area contributed by atoms with E-state index >= 15 is 0 Å². The molecular weight excluding hydrogens is 380 g/mol. The third-order valence-electron chi connectivity index (χ3n) is 5.61. The maximum Gasteiger partial charge on any atom is 0.260 e. The number of sulfonamides is 1. The molecule has 3 aromatic rings. The molecule has 1 saturated heterocycles. The SMILES string of the molecule is O=S(=O)(c1cnc[nH]1)N1CCCN(c2ccc3nnc(C4CCC4)n3n2)CC1. The Morgan fingerprint density at radius 2 is 1.93 bits per heavy atom. The zero-order valence-corrected chi connectivity index (χ0v) is 16.2. The van der Waals surface area contributed by atoms with Crippen LogP contribution in [0.2, 0.25) is 0 Å². The molecule has 3 aromatic heterocycles. The minimum atomic E-state index is -3.54. The molecule has 4 heterocycles. The van der Waals surface area contributed by atoms with Crippen molar-refractivity contribution in [2.24, 2.45) is 0 Å². The van der Waals surface area contributed by atoms with E-state index in [0.717, 1.165) is 43.1 Å². The highest BCUT2D eigenvalue weighted by atomic mass is 32.2. The van der Waals surface area contributed by atoms with E-state index < -0.39 is 10.0 Å². The number of anilines is 1. The number of imidazole rings is 1. The molecule has 2 fully saturated rings. The summed E-state index contributed by atoms with van der Waals surface area (Å²) >= 11 is 0. The molecule has 1 saturated carbocycles. The molecule has 10 nitrogen and oxygen atoms in total. The Morgan fingerprint density at radius 3 is 2.68 bits per heavy atom. The number of nitrogens with zero attached hydrogens (tertiary/aromatic N) is 7. The molecule has 1 aliphatic carbocycles. The van der Waals surface area contributed by atoms with Crippen LogP contribution in [0.1, 0.15) is 37.4 Å². The normalized spacial score (nSPS) is 19.6. The molecule has 0 atom stereocenters. The van der Waals surface area contributed by atoms with Gasteiger partial charge in [-0.05, 0) is 31.4 Å². The number of aromatic nitrogens is 6. The van der Waals surface area contributed by atoms with Crippen molar-refractivity contribution in [1.29, 1.82) is 0 Å². The predicted octanol–water partition coefficient (Wildman–Crippen LogP) is 1.02. The first-order valence-corrected chi connectivity index (χ1v) is 11.0. The fraction of sp³-hybridized carbons (Fsp3) is 0.529. The molecule has 2 aliphatic rings. The standard InChI is InChI=1S/C17H22N8O2S/c26-28(27,16-11-18-12-19-16)24-8-2-7-23(9-10-24)15-6-5-14-20-21-17(25(14)22-15)13-3-1-4-13/h5-6,11-13H,1-4,7-10H2,(H,18,19). The van der Waals surface area contributed by atoms with Gasteiger partial charge in [0.05, 0.1) is 12.5 Å². The average Bonchev–Trinajstić information content (AvgIpc) is 3.26. The van der Waals surface area contributed by atoms with Crippen LogP contribution in [0, 0.1) is 0 Å². The van der Waals surface area contributed by atoms with Crippen LogP contribution in [-0.2, 0) is 10.0 Å². The number of nitrogens with one attached hydrogen (secondary N) is 1. The Kier molecular flexibility index (Phi) is 4.27. The van der Waals surface area contributed by atoms with Gasteiger partial charge in [-0.1, -0.05) is 6.42 Å². The van der Waals surface area contributed by atoms with E-state index in [-0.39, 0.29) is 5.03 Å². The molecule has 0 unspecified atom stereocenters. The first-order valence-electron chi connectivity index (χ1n) is 9.59. The molecule has 0 spiro atoms. The van der Waals surface area contributed by atoms with Gasteiger partial charge in [0, 0.05) is 32.1 Å². The minimum absolute atomic E-state index is 0.134. The maximum absolute atomic E-state index is 12.7. The smallest absolute Gasteiger partial charge is 0.260 e. The van der Waals surface area contributed by atoms with E-state index in [1.807, 2.05) is 16.6 Å². The summed E-state index contributed by atoms with van der Waals surface area (Å²) in [6, 6.07) is 3.87. The summed E-state index contributed by atoms with van der Waals surface area (Å²) in [5.74, 6) is 2.20. The second-order valence-corrected chi connectivity index (χ2v) is 9.21. The second-order valence-electron chi connectivity index (χ2n) is 7.31. The molecule has 0 radical (unpaired) electrons. The molecule has 5 rings (SSSR count). The van der Waals surface area contributed by atoms with E-state index in [2.05, 4.69) is 25.1 Å². The van der Waals surface area contributed by atoms with Gasteiger partial charge >= 0.3 is 0 Å². The third kappa shape index (κ3) is 2.94. The molecule has 1 N–H and O–H groups in total. The van der Waals surface area contributed by atoms with E-state index in [9.17, 15) is 8.42 Å². The van der Waals surface area contributed by atoms with Crippen LogP contribution >= 0.6 is 0 Å². The lowest BCUT2D eigenvalue weighted by atomic mass is 9.85. The Balaban J connectivity index is 1.37. The fourth-order valence-electron chi connectivity index (χ4n) is 3.77. The summed E-state index contributed by atoms with van der Waals surface area (Å²) in [5, 5.41) is 13.5. The molecule has 1 aliphatic heterocycles. The number of hydrogen-bond donors (Lipinski definition) is 1. The van der Waals surface area contributed by atoms with Crippen LogP contribution < -0.4 is 4.90 Å². The van der Waals surface area contributed by atoms with Crippen LogP contribution in [0.3, 0.4) is 0 Å². The predicted molar refractivity (Wildman–Crippen MR) is 102 cm³/mol. The van der Waals surface area contributed by atoms with Crippen molar-refractivity contribution in [2.45, 2.75) is 36.6 Å². The van der Waals surface area contributed by atoms with E-state index in [4.69, 9.17) is 5.10 Å². The molecular formula is C17H22N8O2S. The van der Waals surface area contributed by atoms with Gasteiger partial charge in [0.25, 0.3) is 10.0 Å². The van der Waals surface area contributed by atoms with E-state index in [0.29, 0.717) is 25.6 Å². The first kappa shape index (κ1) is 17.6. The summed E-state index contributed by atoms with van der Waals surface area (Å²) in [6.07, 6.45) is 6.96. The molecule has 0 amide bonds. The molecule has 148 valence electrons. The Labute approximate surface area is 162 Å². The molecule has 28 heavy (non-hydrogen) atoms. The Morgan fingerprint density at radius 1 is 1.04 bits per heavy atom. The summed E-state index contributed by atoms with van der Waals surface area (Å²) < 4.78 is 28.8. The van der Waals surface area contributed by atoms with Crippen LogP contribution in [0.15, 0.2) is 29.7 Å². The van der Waals surface area contributed by atoms with Crippen molar-refractivity contribution in [2.75, 3.05) is 31.1 Å². The van der Waals surface area contributed by atoms with Crippen molar-refractivity contribution in [3.63, 3.8) is 0 Å². The largest absolute Gasteiger partial charge is 0.354 e. The molecule has 11 heteroatoms. The van der Waals surface area contributed by atoms with Crippen molar-refractivity contribution >= 4 is 21.5 Å². The van der Waals surface area contributed by atoms with E-state index in [1.54, 1.807) is 0 Å². The van der Waals surface area contributed by atoms with Gasteiger partial charge in [-0.3, -0.25) is 0 Å². The summed E-state index contributed by atoms with van der Waals surface area (Å²) in [5.41, 5.74) is 0.754. The Bertz CT molecular complexity index is 1070. The summed E-state index contributed by atoms with van der Waals surface area (Å²) in [7, 11) is -3.54. The number of fused-ring (bicyclic) bond motifs is 1. The zero-order chi connectivity index (χ0) is 19.1. The second kappa shape index (κ2) is 6.82. The van der Waals surface area contributed by atoms with Crippen LogP contribution in [0.5, 0.6) is 0 Å². The average molecular weight is 402 g/mol. The van der Waals surface area contributed by atoms with Gasteiger partial charge in [0.15, 0.2) is 16.5 Å². The van der Waals surface area contributed by atoms with E-state index in [1.165, 1.54) is 23.3 Å². The van der Waals surface area contributed by atoms with Crippen molar-refractivity contribution in [3.05, 3.63) is 30.5 Å². The van der Waals surface area contributed by atoms with Gasteiger partial charge in [0.1, 0.15) is 5.82 Å². The molecule has 0 aromatic carbocycles. The fourth-order valence-corrected chi connectivity index (χ4v) is 5.14.